The predicted octanol–water partition coefficient (Wildman–Crippen LogP) is 2.49. The Morgan fingerprint density at radius 2 is 2.09 bits per heavy atom. The van der Waals surface area contributed by atoms with E-state index in [1.807, 2.05) is 0 Å². The molecule has 2 heteroatoms. The molecule has 0 spiro atoms. The van der Waals surface area contributed by atoms with E-state index in [4.69, 9.17) is 11.8 Å². The molecule has 0 saturated heterocycles. The maximum atomic E-state index is 5.38. The van der Waals surface area contributed by atoms with E-state index in [0.717, 1.165) is 13.0 Å². The Morgan fingerprint density at radius 1 is 1.36 bits per heavy atom. The minimum absolute atomic E-state index is 0.732. The SMILES string of the molecule is CCc1cccc(CNCl)c1. The molecule has 11 heavy (non-hydrogen) atoms. The Labute approximate surface area is 72.5 Å². The fraction of sp³-hybridized carbons (Fsp3) is 0.333. The zero-order valence-electron chi connectivity index (χ0n) is 6.60. The Bertz CT molecular complexity index is 223. The lowest BCUT2D eigenvalue weighted by Gasteiger charge is -2.00. The molecule has 1 aromatic rings. The van der Waals surface area contributed by atoms with Gasteiger partial charge in [0.25, 0.3) is 0 Å². The first-order valence-corrected chi connectivity index (χ1v) is 4.16. The molecule has 0 radical (unpaired) electrons. The monoisotopic (exact) mass is 169 g/mol. The Kier molecular flexibility index (Phi) is 3.40. The minimum atomic E-state index is 0.732. The van der Waals surface area contributed by atoms with Crippen LogP contribution in [0.15, 0.2) is 24.3 Å². The van der Waals surface area contributed by atoms with Crippen LogP contribution in [0.4, 0.5) is 0 Å². The summed E-state index contributed by atoms with van der Waals surface area (Å²) in [5.74, 6) is 0. The summed E-state index contributed by atoms with van der Waals surface area (Å²) in [5.41, 5.74) is 2.59. The van der Waals surface area contributed by atoms with Gasteiger partial charge >= 0.3 is 0 Å². The molecule has 0 fully saturated rings. The van der Waals surface area contributed by atoms with E-state index in [-0.39, 0.29) is 0 Å². The number of benzene rings is 1. The van der Waals surface area contributed by atoms with Crippen LogP contribution in [0.1, 0.15) is 18.1 Å². The highest BCUT2D eigenvalue weighted by molar-refractivity contribution is 6.13. The number of hydrogen-bond donors (Lipinski definition) is 1. The summed E-state index contributed by atoms with van der Waals surface area (Å²) in [6.07, 6.45) is 1.08. The van der Waals surface area contributed by atoms with Gasteiger partial charge in [-0.15, -0.1) is 0 Å². The summed E-state index contributed by atoms with van der Waals surface area (Å²) in [5, 5.41) is 0. The minimum Gasteiger partial charge on any atom is -0.229 e. The highest BCUT2D eigenvalue weighted by Gasteiger charge is 1.91. The molecule has 1 N–H and O–H groups in total. The third-order valence-electron chi connectivity index (χ3n) is 1.67. The first-order chi connectivity index (χ1) is 5.36. The zero-order valence-corrected chi connectivity index (χ0v) is 7.36. The maximum absolute atomic E-state index is 5.38. The second kappa shape index (κ2) is 4.37. The second-order valence-corrected chi connectivity index (χ2v) is 2.75. The number of halogens is 1. The van der Waals surface area contributed by atoms with Crippen molar-refractivity contribution in [3.8, 4) is 0 Å². The van der Waals surface area contributed by atoms with Gasteiger partial charge in [0.05, 0.1) is 0 Å². The fourth-order valence-corrected chi connectivity index (χ4v) is 1.19. The van der Waals surface area contributed by atoms with Crippen LogP contribution in [-0.2, 0) is 13.0 Å². The van der Waals surface area contributed by atoms with Crippen molar-refractivity contribution in [2.75, 3.05) is 0 Å². The molecule has 0 aliphatic carbocycles. The predicted molar refractivity (Wildman–Crippen MR) is 48.5 cm³/mol. The summed E-state index contributed by atoms with van der Waals surface area (Å²) >= 11 is 5.38. The van der Waals surface area contributed by atoms with Crippen molar-refractivity contribution in [3.05, 3.63) is 35.4 Å². The first-order valence-electron chi connectivity index (χ1n) is 3.78. The zero-order chi connectivity index (χ0) is 8.10. The molecule has 0 aliphatic rings. The van der Waals surface area contributed by atoms with Crippen molar-refractivity contribution in [1.29, 1.82) is 0 Å². The highest BCUT2D eigenvalue weighted by atomic mass is 35.5. The number of hydrogen-bond acceptors (Lipinski definition) is 1. The lowest BCUT2D eigenvalue weighted by atomic mass is 10.1. The van der Waals surface area contributed by atoms with Crippen molar-refractivity contribution >= 4 is 11.8 Å². The van der Waals surface area contributed by atoms with Crippen molar-refractivity contribution < 1.29 is 0 Å². The third-order valence-corrected chi connectivity index (χ3v) is 1.80. The van der Waals surface area contributed by atoms with E-state index in [1.54, 1.807) is 0 Å². The Balaban J connectivity index is 2.74. The third kappa shape index (κ3) is 2.52. The van der Waals surface area contributed by atoms with Gasteiger partial charge in [0.15, 0.2) is 0 Å². The van der Waals surface area contributed by atoms with Crippen molar-refractivity contribution in [2.24, 2.45) is 0 Å². The smallest absolute Gasteiger partial charge is 0.0359 e. The number of rotatable bonds is 3. The molecule has 1 aromatic carbocycles. The van der Waals surface area contributed by atoms with Gasteiger partial charge in [-0.1, -0.05) is 31.2 Å². The van der Waals surface area contributed by atoms with Gasteiger partial charge in [0.2, 0.25) is 0 Å². The molecule has 0 atom stereocenters. The quantitative estimate of drug-likeness (QED) is 0.686. The van der Waals surface area contributed by atoms with E-state index in [1.165, 1.54) is 11.1 Å². The van der Waals surface area contributed by atoms with Crippen molar-refractivity contribution in [1.82, 2.24) is 4.84 Å². The number of aryl methyl sites for hydroxylation is 1. The molecule has 0 unspecified atom stereocenters. The molecule has 0 bridgehead atoms. The van der Waals surface area contributed by atoms with Crippen LogP contribution in [0.3, 0.4) is 0 Å². The van der Waals surface area contributed by atoms with Crippen LogP contribution < -0.4 is 4.84 Å². The number of nitrogens with one attached hydrogen (secondary N) is 1. The highest BCUT2D eigenvalue weighted by Crippen LogP contribution is 2.05. The first kappa shape index (κ1) is 8.57. The van der Waals surface area contributed by atoms with Gasteiger partial charge in [-0.05, 0) is 29.3 Å². The molecule has 1 nitrogen and oxygen atoms in total. The summed E-state index contributed by atoms with van der Waals surface area (Å²) < 4.78 is 0. The molecule has 0 saturated carbocycles. The van der Waals surface area contributed by atoms with Crippen LogP contribution in [-0.4, -0.2) is 0 Å². The van der Waals surface area contributed by atoms with E-state index in [9.17, 15) is 0 Å². The molecule has 0 aromatic heterocycles. The lowest BCUT2D eigenvalue weighted by molar-refractivity contribution is 0.956. The van der Waals surface area contributed by atoms with Crippen molar-refractivity contribution in [3.63, 3.8) is 0 Å². The van der Waals surface area contributed by atoms with Gasteiger partial charge in [-0.2, -0.15) is 0 Å². The summed E-state index contributed by atoms with van der Waals surface area (Å²) in [6.45, 7) is 2.88. The summed E-state index contributed by atoms with van der Waals surface area (Å²) in [7, 11) is 0. The van der Waals surface area contributed by atoms with E-state index in [0.29, 0.717) is 0 Å². The molecular weight excluding hydrogens is 158 g/mol. The van der Waals surface area contributed by atoms with Crippen molar-refractivity contribution in [2.45, 2.75) is 19.9 Å². The van der Waals surface area contributed by atoms with Crippen LogP contribution >= 0.6 is 11.8 Å². The molecule has 0 aliphatic heterocycles. The normalized spacial score (nSPS) is 10.0. The largest absolute Gasteiger partial charge is 0.229 e. The average molecular weight is 170 g/mol. The van der Waals surface area contributed by atoms with Crippen LogP contribution in [0.25, 0.3) is 0 Å². The topological polar surface area (TPSA) is 12.0 Å². The molecular formula is C9H12ClN. The maximum Gasteiger partial charge on any atom is 0.0359 e. The van der Waals surface area contributed by atoms with E-state index >= 15 is 0 Å². The molecule has 1 rings (SSSR count). The van der Waals surface area contributed by atoms with Gasteiger partial charge in [-0.25, -0.2) is 4.84 Å². The molecule has 0 heterocycles. The van der Waals surface area contributed by atoms with Gasteiger partial charge in [0.1, 0.15) is 0 Å². The van der Waals surface area contributed by atoms with E-state index in [2.05, 4.69) is 36.0 Å². The van der Waals surface area contributed by atoms with Crippen LogP contribution in [0, 0.1) is 0 Å². The summed E-state index contributed by atoms with van der Waals surface area (Å²) in [6, 6.07) is 8.41. The van der Waals surface area contributed by atoms with Crippen LogP contribution in [0.2, 0.25) is 0 Å². The van der Waals surface area contributed by atoms with Crippen LogP contribution in [0.5, 0.6) is 0 Å². The standard InChI is InChI=1S/C9H12ClN/c1-2-8-4-3-5-9(6-8)7-11-10/h3-6,11H,2,7H2,1H3. The van der Waals surface area contributed by atoms with E-state index < -0.39 is 0 Å². The summed E-state index contributed by atoms with van der Waals surface area (Å²) in [4.78, 5) is 2.61. The second-order valence-electron chi connectivity index (χ2n) is 2.48. The average Bonchev–Trinajstić information content (AvgIpc) is 2.06. The lowest BCUT2D eigenvalue weighted by Crippen LogP contribution is -1.98. The van der Waals surface area contributed by atoms with Gasteiger partial charge in [0, 0.05) is 6.54 Å². The molecule has 60 valence electrons. The molecule has 0 amide bonds. The van der Waals surface area contributed by atoms with Gasteiger partial charge < -0.3 is 0 Å². The fourth-order valence-electron chi connectivity index (χ4n) is 1.04. The Hall–Kier alpha value is -0.530. The Morgan fingerprint density at radius 3 is 2.73 bits per heavy atom. The van der Waals surface area contributed by atoms with Gasteiger partial charge in [-0.3, -0.25) is 0 Å².